The highest BCUT2D eigenvalue weighted by atomic mass is 32.1. The molecule has 1 aromatic rings. The summed E-state index contributed by atoms with van der Waals surface area (Å²) in [6.45, 7) is 6.39. The largest absolute Gasteiger partial charge is 0.481 e. The van der Waals surface area contributed by atoms with E-state index in [2.05, 4.69) is 36.3 Å². The zero-order chi connectivity index (χ0) is 13.8. The molecule has 0 spiro atoms. The molecule has 2 rings (SSSR count). The Bertz CT molecular complexity index is 405. The molecule has 1 aromatic heterocycles. The van der Waals surface area contributed by atoms with Gasteiger partial charge in [-0.15, -0.1) is 11.3 Å². The second-order valence-corrected chi connectivity index (χ2v) is 6.25. The maximum atomic E-state index is 11.0. The van der Waals surface area contributed by atoms with Gasteiger partial charge in [-0.2, -0.15) is 0 Å². The molecule has 2 heterocycles. The van der Waals surface area contributed by atoms with E-state index < -0.39 is 5.97 Å². The quantitative estimate of drug-likeness (QED) is 0.902. The summed E-state index contributed by atoms with van der Waals surface area (Å²) in [6.07, 6.45) is 0.147. The van der Waals surface area contributed by atoms with Crippen LogP contribution in [-0.4, -0.2) is 41.8 Å². The van der Waals surface area contributed by atoms with E-state index in [4.69, 9.17) is 9.84 Å². The van der Waals surface area contributed by atoms with E-state index in [1.165, 1.54) is 4.88 Å². The predicted octanol–water partition coefficient (Wildman–Crippen LogP) is 2.62. The van der Waals surface area contributed by atoms with Gasteiger partial charge in [0, 0.05) is 23.5 Å². The third-order valence-electron chi connectivity index (χ3n) is 3.51. The van der Waals surface area contributed by atoms with Crippen LogP contribution in [0.2, 0.25) is 0 Å². The fourth-order valence-electron chi connectivity index (χ4n) is 2.75. The zero-order valence-electron chi connectivity index (χ0n) is 11.4. The van der Waals surface area contributed by atoms with Crippen molar-refractivity contribution in [3.63, 3.8) is 0 Å². The molecule has 1 fully saturated rings. The predicted molar refractivity (Wildman–Crippen MR) is 75.5 cm³/mol. The van der Waals surface area contributed by atoms with Gasteiger partial charge in [-0.1, -0.05) is 19.9 Å². The molecule has 1 aliphatic rings. The van der Waals surface area contributed by atoms with Crippen molar-refractivity contribution in [1.82, 2.24) is 4.90 Å². The van der Waals surface area contributed by atoms with Gasteiger partial charge in [-0.05, 0) is 17.4 Å². The molecular weight excluding hydrogens is 262 g/mol. The molecule has 0 radical (unpaired) electrons. The molecule has 4 nitrogen and oxygen atoms in total. The summed E-state index contributed by atoms with van der Waals surface area (Å²) in [6, 6.07) is 4.46. The molecule has 0 saturated carbocycles. The lowest BCUT2D eigenvalue weighted by molar-refractivity contribution is -0.141. The number of rotatable bonds is 5. The van der Waals surface area contributed by atoms with E-state index in [1.807, 2.05) is 0 Å². The summed E-state index contributed by atoms with van der Waals surface area (Å²) in [5.74, 6) is -0.303. The van der Waals surface area contributed by atoms with Crippen molar-refractivity contribution in [1.29, 1.82) is 0 Å². The number of carbonyl (C=O) groups is 1. The minimum Gasteiger partial charge on any atom is -0.481 e. The summed E-state index contributed by atoms with van der Waals surface area (Å²) >= 11 is 1.74. The van der Waals surface area contributed by atoms with Gasteiger partial charge in [0.25, 0.3) is 0 Å². The Balaban J connectivity index is 2.20. The molecule has 5 heteroatoms. The number of hydrogen-bond donors (Lipinski definition) is 1. The second-order valence-electron chi connectivity index (χ2n) is 5.27. The smallest absolute Gasteiger partial charge is 0.305 e. The van der Waals surface area contributed by atoms with Crippen LogP contribution < -0.4 is 0 Å². The first-order valence-electron chi connectivity index (χ1n) is 6.68. The van der Waals surface area contributed by atoms with Crippen LogP contribution in [-0.2, 0) is 9.53 Å². The number of aliphatic carboxylic acids is 1. The summed E-state index contributed by atoms with van der Waals surface area (Å²) in [4.78, 5) is 14.6. The molecule has 0 aliphatic carbocycles. The SMILES string of the molecule is CC(C)C(c1cccs1)N1CCOCC1CC(=O)O. The number of nitrogens with zero attached hydrogens (tertiary/aromatic N) is 1. The first-order chi connectivity index (χ1) is 9.09. The molecule has 1 N–H and O–H groups in total. The van der Waals surface area contributed by atoms with Crippen LogP contribution >= 0.6 is 11.3 Å². The lowest BCUT2D eigenvalue weighted by Crippen LogP contribution is -2.49. The van der Waals surface area contributed by atoms with Crippen LogP contribution in [0.1, 0.15) is 31.2 Å². The fourth-order valence-corrected chi connectivity index (χ4v) is 3.76. The highest BCUT2D eigenvalue weighted by Gasteiger charge is 2.33. The number of hydrogen-bond acceptors (Lipinski definition) is 4. The Labute approximate surface area is 118 Å². The van der Waals surface area contributed by atoms with E-state index in [9.17, 15) is 4.79 Å². The van der Waals surface area contributed by atoms with Crippen molar-refractivity contribution in [3.8, 4) is 0 Å². The van der Waals surface area contributed by atoms with Crippen LogP contribution in [0.3, 0.4) is 0 Å². The Hall–Kier alpha value is -0.910. The van der Waals surface area contributed by atoms with Crippen LogP contribution in [0.5, 0.6) is 0 Å². The molecule has 0 aromatic carbocycles. The monoisotopic (exact) mass is 283 g/mol. The third kappa shape index (κ3) is 3.55. The number of thiophene rings is 1. The lowest BCUT2D eigenvalue weighted by Gasteiger charge is -2.42. The van der Waals surface area contributed by atoms with Crippen molar-refractivity contribution >= 4 is 17.3 Å². The standard InChI is InChI=1S/C14H21NO3S/c1-10(2)14(12-4-3-7-19-12)15-5-6-18-9-11(15)8-13(16)17/h3-4,7,10-11,14H,5-6,8-9H2,1-2H3,(H,16,17). The average Bonchev–Trinajstić information content (AvgIpc) is 2.84. The molecule has 0 amide bonds. The second kappa shape index (κ2) is 6.50. The number of ether oxygens (including phenoxy) is 1. The molecule has 1 saturated heterocycles. The van der Waals surface area contributed by atoms with Crippen LogP contribution in [0, 0.1) is 5.92 Å². The molecule has 1 aliphatic heterocycles. The van der Waals surface area contributed by atoms with Gasteiger partial charge < -0.3 is 9.84 Å². The van der Waals surface area contributed by atoms with Gasteiger partial charge in [0.2, 0.25) is 0 Å². The van der Waals surface area contributed by atoms with Crippen molar-refractivity contribution < 1.29 is 14.6 Å². The molecule has 2 unspecified atom stereocenters. The van der Waals surface area contributed by atoms with Crippen molar-refractivity contribution in [3.05, 3.63) is 22.4 Å². The average molecular weight is 283 g/mol. The molecular formula is C14H21NO3S. The lowest BCUT2D eigenvalue weighted by atomic mass is 9.97. The minimum absolute atomic E-state index is 0.0271. The van der Waals surface area contributed by atoms with Gasteiger partial charge in [-0.25, -0.2) is 0 Å². The normalized spacial score (nSPS) is 22.6. The summed E-state index contributed by atoms with van der Waals surface area (Å²) in [5.41, 5.74) is 0. The molecule has 0 bridgehead atoms. The van der Waals surface area contributed by atoms with Crippen LogP contribution in [0.4, 0.5) is 0 Å². The van der Waals surface area contributed by atoms with E-state index in [0.29, 0.717) is 19.1 Å². The minimum atomic E-state index is -0.755. The Morgan fingerprint density at radius 1 is 1.63 bits per heavy atom. The molecule has 2 atom stereocenters. The first-order valence-corrected chi connectivity index (χ1v) is 7.56. The maximum Gasteiger partial charge on any atom is 0.305 e. The number of morpholine rings is 1. The Kier molecular flexibility index (Phi) is 4.96. The summed E-state index contributed by atoms with van der Waals surface area (Å²) < 4.78 is 5.46. The third-order valence-corrected chi connectivity index (χ3v) is 4.45. The van der Waals surface area contributed by atoms with Crippen LogP contribution in [0.25, 0.3) is 0 Å². The highest BCUT2D eigenvalue weighted by Crippen LogP contribution is 2.34. The van der Waals surface area contributed by atoms with Gasteiger partial charge in [0.1, 0.15) is 0 Å². The van der Waals surface area contributed by atoms with E-state index >= 15 is 0 Å². The highest BCUT2D eigenvalue weighted by molar-refractivity contribution is 7.10. The maximum absolute atomic E-state index is 11.0. The molecule has 106 valence electrons. The summed E-state index contributed by atoms with van der Waals surface area (Å²) in [7, 11) is 0. The summed E-state index contributed by atoms with van der Waals surface area (Å²) in [5, 5.41) is 11.1. The van der Waals surface area contributed by atoms with E-state index in [0.717, 1.165) is 6.54 Å². The Morgan fingerprint density at radius 2 is 2.42 bits per heavy atom. The molecule has 19 heavy (non-hydrogen) atoms. The van der Waals surface area contributed by atoms with Crippen molar-refractivity contribution in [2.75, 3.05) is 19.8 Å². The van der Waals surface area contributed by atoms with Crippen molar-refractivity contribution in [2.24, 2.45) is 5.92 Å². The van der Waals surface area contributed by atoms with Crippen molar-refractivity contribution in [2.45, 2.75) is 32.4 Å². The van der Waals surface area contributed by atoms with Gasteiger partial charge in [0.05, 0.1) is 19.6 Å². The Morgan fingerprint density at radius 3 is 3.00 bits per heavy atom. The topological polar surface area (TPSA) is 49.8 Å². The van der Waals surface area contributed by atoms with Crippen LogP contribution in [0.15, 0.2) is 17.5 Å². The van der Waals surface area contributed by atoms with E-state index in [1.54, 1.807) is 11.3 Å². The van der Waals surface area contributed by atoms with E-state index in [-0.39, 0.29) is 18.5 Å². The van der Waals surface area contributed by atoms with Gasteiger partial charge >= 0.3 is 5.97 Å². The number of carboxylic acids is 1. The number of carboxylic acid groups (broad SMARTS) is 1. The van der Waals surface area contributed by atoms with Gasteiger partial charge in [-0.3, -0.25) is 9.69 Å². The fraction of sp³-hybridized carbons (Fsp3) is 0.643. The zero-order valence-corrected chi connectivity index (χ0v) is 12.2. The first kappa shape index (κ1) is 14.5. The van der Waals surface area contributed by atoms with Gasteiger partial charge in [0.15, 0.2) is 0 Å².